The van der Waals surface area contributed by atoms with E-state index in [1.807, 2.05) is 17.0 Å². The second-order valence-electron chi connectivity index (χ2n) is 7.71. The first-order valence-corrected chi connectivity index (χ1v) is 10.1. The van der Waals surface area contributed by atoms with Crippen LogP contribution in [-0.4, -0.2) is 46.5 Å². The molecule has 2 aromatic rings. The molecule has 2 aromatic carbocycles. The first kappa shape index (κ1) is 19.2. The van der Waals surface area contributed by atoms with Gasteiger partial charge in [-0.05, 0) is 73.7 Å². The topological polar surface area (TPSA) is 43.8 Å². The van der Waals surface area contributed by atoms with Gasteiger partial charge < -0.3 is 10.0 Å². The Morgan fingerprint density at radius 1 is 1.04 bits per heavy atom. The summed E-state index contributed by atoms with van der Waals surface area (Å²) in [6, 6.07) is 12.0. The van der Waals surface area contributed by atoms with Crippen molar-refractivity contribution in [3.8, 4) is 5.75 Å². The molecule has 0 saturated carbocycles. The number of carbonyl (C=O) groups is 1. The van der Waals surface area contributed by atoms with Crippen LogP contribution in [0.5, 0.6) is 5.75 Å². The van der Waals surface area contributed by atoms with Crippen molar-refractivity contribution >= 4 is 17.5 Å². The fourth-order valence-electron chi connectivity index (χ4n) is 4.37. The lowest BCUT2D eigenvalue weighted by Gasteiger charge is -2.35. The summed E-state index contributed by atoms with van der Waals surface area (Å²) in [5.74, 6) is 0.488. The number of amides is 1. The predicted molar refractivity (Wildman–Crippen MR) is 107 cm³/mol. The Morgan fingerprint density at radius 3 is 2.43 bits per heavy atom. The Morgan fingerprint density at radius 2 is 1.75 bits per heavy atom. The average Bonchev–Trinajstić information content (AvgIpc) is 3.06. The predicted octanol–water partition coefficient (Wildman–Crippen LogP) is 4.17. The minimum Gasteiger partial charge on any atom is -0.508 e. The molecule has 0 spiro atoms. The highest BCUT2D eigenvalue weighted by molar-refractivity contribution is 6.30. The molecule has 2 heterocycles. The summed E-state index contributed by atoms with van der Waals surface area (Å²) in [5.41, 5.74) is 2.11. The van der Waals surface area contributed by atoms with Crippen LogP contribution < -0.4 is 0 Å². The molecule has 148 valence electrons. The molecule has 6 heteroatoms. The van der Waals surface area contributed by atoms with Gasteiger partial charge in [0.15, 0.2) is 0 Å². The molecule has 1 amide bonds. The number of hydrogen-bond acceptors (Lipinski definition) is 3. The highest BCUT2D eigenvalue weighted by Gasteiger charge is 2.37. The number of aromatic hydroxyl groups is 1. The molecular formula is C22H24ClFN2O2. The number of carbonyl (C=O) groups excluding carboxylic acids is 1. The van der Waals surface area contributed by atoms with Crippen molar-refractivity contribution in [2.45, 2.75) is 37.8 Å². The molecule has 0 radical (unpaired) electrons. The van der Waals surface area contributed by atoms with Crippen LogP contribution in [0.2, 0.25) is 5.02 Å². The molecule has 2 aliphatic rings. The summed E-state index contributed by atoms with van der Waals surface area (Å²) >= 11 is 5.86. The Balaban J connectivity index is 1.34. The largest absolute Gasteiger partial charge is 0.508 e. The van der Waals surface area contributed by atoms with Crippen LogP contribution in [0.4, 0.5) is 4.39 Å². The lowest BCUT2D eigenvalue weighted by atomic mass is 9.89. The third kappa shape index (κ3) is 4.01. The van der Waals surface area contributed by atoms with Crippen LogP contribution in [0.1, 0.15) is 36.3 Å². The number of rotatable bonds is 4. The van der Waals surface area contributed by atoms with E-state index in [9.17, 15) is 14.3 Å². The number of nitrogens with zero attached hydrogens (tertiary/aromatic N) is 2. The van der Waals surface area contributed by atoms with E-state index in [-0.39, 0.29) is 17.0 Å². The van der Waals surface area contributed by atoms with E-state index in [1.54, 1.807) is 24.3 Å². The number of benzene rings is 2. The molecule has 4 rings (SSSR count). The Bertz CT molecular complexity index is 850. The highest BCUT2D eigenvalue weighted by atomic mass is 35.5. The lowest BCUT2D eigenvalue weighted by molar-refractivity contribution is -0.133. The van der Waals surface area contributed by atoms with E-state index in [2.05, 4.69) is 4.90 Å². The maximum atomic E-state index is 13.3. The molecule has 1 unspecified atom stereocenters. The quantitative estimate of drug-likeness (QED) is 0.834. The molecule has 2 fully saturated rings. The molecule has 1 atom stereocenters. The van der Waals surface area contributed by atoms with Crippen LogP contribution >= 0.6 is 11.6 Å². The number of phenols is 1. The summed E-state index contributed by atoms with van der Waals surface area (Å²) < 4.78 is 13.3. The third-order valence-corrected chi connectivity index (χ3v) is 6.25. The van der Waals surface area contributed by atoms with Crippen molar-refractivity contribution in [3.63, 3.8) is 0 Å². The zero-order valence-electron chi connectivity index (χ0n) is 15.7. The SMILES string of the molecule is O=C1C(N2CCC(c3ccc(O)cc3)CC2)CCN1Cc1ccc(F)c(Cl)c1. The van der Waals surface area contributed by atoms with Crippen LogP contribution in [0.25, 0.3) is 0 Å². The van der Waals surface area contributed by atoms with Gasteiger partial charge in [0, 0.05) is 13.1 Å². The fourth-order valence-corrected chi connectivity index (χ4v) is 4.57. The standard InChI is InChI=1S/C22H24ClFN2O2/c23-19-13-15(1-6-20(19)24)14-26-12-9-21(22(26)28)25-10-7-17(8-11-25)16-2-4-18(27)5-3-16/h1-6,13,17,21,27H,7-12,14H2. The van der Waals surface area contributed by atoms with Gasteiger partial charge in [-0.15, -0.1) is 0 Å². The first-order chi connectivity index (χ1) is 13.5. The van der Waals surface area contributed by atoms with Gasteiger partial charge in [-0.1, -0.05) is 29.8 Å². The molecule has 1 N–H and O–H groups in total. The van der Waals surface area contributed by atoms with E-state index in [4.69, 9.17) is 11.6 Å². The molecule has 0 aliphatic carbocycles. The molecule has 2 saturated heterocycles. The highest BCUT2D eigenvalue weighted by Crippen LogP contribution is 2.32. The number of phenolic OH excluding ortho intramolecular Hbond substituents is 1. The fraction of sp³-hybridized carbons (Fsp3) is 0.409. The summed E-state index contributed by atoms with van der Waals surface area (Å²) in [5, 5.41) is 9.55. The second kappa shape index (κ2) is 8.10. The normalized spacial score (nSPS) is 21.4. The zero-order chi connectivity index (χ0) is 19.7. The van der Waals surface area contributed by atoms with Gasteiger partial charge in [-0.25, -0.2) is 4.39 Å². The van der Waals surface area contributed by atoms with Crippen LogP contribution in [-0.2, 0) is 11.3 Å². The molecule has 0 aromatic heterocycles. The lowest BCUT2D eigenvalue weighted by Crippen LogP contribution is -2.45. The van der Waals surface area contributed by atoms with Gasteiger partial charge in [0.25, 0.3) is 0 Å². The van der Waals surface area contributed by atoms with Gasteiger partial charge in [0.2, 0.25) is 5.91 Å². The van der Waals surface area contributed by atoms with Gasteiger partial charge in [0.1, 0.15) is 11.6 Å². The molecule has 0 bridgehead atoms. The Labute approximate surface area is 169 Å². The number of halogens is 2. The van der Waals surface area contributed by atoms with Crippen molar-refractivity contribution in [1.82, 2.24) is 9.80 Å². The van der Waals surface area contributed by atoms with Gasteiger partial charge >= 0.3 is 0 Å². The second-order valence-corrected chi connectivity index (χ2v) is 8.12. The average molecular weight is 403 g/mol. The summed E-state index contributed by atoms with van der Waals surface area (Å²) in [7, 11) is 0. The van der Waals surface area contributed by atoms with Crippen molar-refractivity contribution in [2.75, 3.05) is 19.6 Å². The van der Waals surface area contributed by atoms with Crippen molar-refractivity contribution in [2.24, 2.45) is 0 Å². The number of likely N-dealkylation sites (tertiary alicyclic amines) is 2. The van der Waals surface area contributed by atoms with Crippen LogP contribution in [0.15, 0.2) is 42.5 Å². The van der Waals surface area contributed by atoms with Crippen molar-refractivity contribution < 1.29 is 14.3 Å². The minimum absolute atomic E-state index is 0.0586. The summed E-state index contributed by atoms with van der Waals surface area (Å²) in [6.45, 7) is 2.99. The third-order valence-electron chi connectivity index (χ3n) is 5.96. The van der Waals surface area contributed by atoms with E-state index < -0.39 is 5.82 Å². The van der Waals surface area contributed by atoms with Crippen LogP contribution in [0.3, 0.4) is 0 Å². The monoisotopic (exact) mass is 402 g/mol. The minimum atomic E-state index is -0.437. The van der Waals surface area contributed by atoms with Gasteiger partial charge in [-0.3, -0.25) is 9.69 Å². The molecule has 28 heavy (non-hydrogen) atoms. The van der Waals surface area contributed by atoms with Crippen molar-refractivity contribution in [1.29, 1.82) is 0 Å². The number of piperidine rings is 1. The van der Waals surface area contributed by atoms with Gasteiger partial charge in [0.05, 0.1) is 11.1 Å². The first-order valence-electron chi connectivity index (χ1n) is 9.77. The van der Waals surface area contributed by atoms with E-state index in [1.165, 1.54) is 11.6 Å². The Hall–Kier alpha value is -2.11. The molecule has 2 aliphatic heterocycles. The van der Waals surface area contributed by atoms with Gasteiger partial charge in [-0.2, -0.15) is 0 Å². The Kier molecular flexibility index (Phi) is 5.56. The van der Waals surface area contributed by atoms with Crippen LogP contribution in [0, 0.1) is 5.82 Å². The molecular weight excluding hydrogens is 379 g/mol. The zero-order valence-corrected chi connectivity index (χ0v) is 16.4. The van der Waals surface area contributed by atoms with E-state index in [0.717, 1.165) is 44.5 Å². The maximum Gasteiger partial charge on any atom is 0.240 e. The van der Waals surface area contributed by atoms with E-state index >= 15 is 0 Å². The summed E-state index contributed by atoms with van der Waals surface area (Å²) in [4.78, 5) is 17.0. The number of hydrogen-bond donors (Lipinski definition) is 1. The molecule has 4 nitrogen and oxygen atoms in total. The smallest absolute Gasteiger partial charge is 0.240 e. The van der Waals surface area contributed by atoms with E-state index in [0.29, 0.717) is 18.2 Å². The van der Waals surface area contributed by atoms with Crippen molar-refractivity contribution in [3.05, 3.63) is 64.4 Å². The maximum absolute atomic E-state index is 13.3. The summed E-state index contributed by atoms with van der Waals surface area (Å²) in [6.07, 6.45) is 2.86.